The van der Waals surface area contributed by atoms with Crippen LogP contribution >= 0.6 is 0 Å². The number of piperidine rings is 1. The Balaban J connectivity index is 1.84. The van der Waals surface area contributed by atoms with Crippen LogP contribution in [0.4, 0.5) is 4.79 Å². The Labute approximate surface area is 150 Å². The third-order valence-electron chi connectivity index (χ3n) is 4.72. The van der Waals surface area contributed by atoms with E-state index in [-0.39, 0.29) is 12.0 Å². The highest BCUT2D eigenvalue weighted by molar-refractivity contribution is 5.68. The number of carbonyl (C=O) groups excluding carboxylic acids is 1. The van der Waals surface area contributed by atoms with Crippen molar-refractivity contribution in [2.75, 3.05) is 13.1 Å². The van der Waals surface area contributed by atoms with Gasteiger partial charge in [-0.3, -0.25) is 0 Å². The van der Waals surface area contributed by atoms with Crippen molar-refractivity contribution in [1.29, 1.82) is 0 Å². The summed E-state index contributed by atoms with van der Waals surface area (Å²) in [6.45, 7) is 7.17. The minimum absolute atomic E-state index is 0.208. The van der Waals surface area contributed by atoms with Gasteiger partial charge in [-0.2, -0.15) is 0 Å². The van der Waals surface area contributed by atoms with Crippen LogP contribution in [0.5, 0.6) is 0 Å². The van der Waals surface area contributed by atoms with Crippen molar-refractivity contribution in [3.63, 3.8) is 0 Å². The summed E-state index contributed by atoms with van der Waals surface area (Å²) in [6.07, 6.45) is 0.739. The average Bonchev–Trinajstić information content (AvgIpc) is 2.61. The van der Waals surface area contributed by atoms with E-state index < -0.39 is 5.60 Å². The lowest BCUT2D eigenvalue weighted by Gasteiger charge is -2.39. The topological polar surface area (TPSA) is 29.5 Å². The predicted octanol–water partition coefficient (Wildman–Crippen LogP) is 5.19. The molecule has 1 fully saturated rings. The monoisotopic (exact) mass is 337 g/mol. The molecular formula is C22H27NO2. The Kier molecular flexibility index (Phi) is 5.12. The second kappa shape index (κ2) is 7.30. The molecule has 2 atom stereocenters. The van der Waals surface area contributed by atoms with Gasteiger partial charge in [0.25, 0.3) is 0 Å². The molecule has 1 heterocycles. The maximum Gasteiger partial charge on any atom is 0.410 e. The summed E-state index contributed by atoms with van der Waals surface area (Å²) in [7, 11) is 0. The third kappa shape index (κ3) is 4.41. The Morgan fingerprint density at radius 2 is 1.44 bits per heavy atom. The molecule has 132 valence electrons. The summed E-state index contributed by atoms with van der Waals surface area (Å²) in [6, 6.07) is 21.2. The van der Waals surface area contributed by atoms with Crippen LogP contribution in [-0.2, 0) is 4.74 Å². The van der Waals surface area contributed by atoms with Gasteiger partial charge in [-0.1, -0.05) is 60.7 Å². The van der Waals surface area contributed by atoms with Crippen molar-refractivity contribution in [1.82, 2.24) is 4.90 Å². The second-order valence-electron chi connectivity index (χ2n) is 7.75. The lowest BCUT2D eigenvalue weighted by molar-refractivity contribution is 0.0184. The van der Waals surface area contributed by atoms with E-state index in [1.165, 1.54) is 11.1 Å². The van der Waals surface area contributed by atoms with Gasteiger partial charge in [0.2, 0.25) is 0 Å². The van der Waals surface area contributed by atoms with Crippen molar-refractivity contribution in [3.05, 3.63) is 71.8 Å². The SMILES string of the molecule is CC(C)(C)OC(=O)N1CC[C@@H](c2ccccc2)[C@H](c2ccccc2)C1. The van der Waals surface area contributed by atoms with E-state index in [1.54, 1.807) is 0 Å². The maximum absolute atomic E-state index is 12.5. The number of hydrogen-bond acceptors (Lipinski definition) is 2. The first-order chi connectivity index (χ1) is 11.9. The fraction of sp³-hybridized carbons (Fsp3) is 0.409. The van der Waals surface area contributed by atoms with Crippen LogP contribution in [0.1, 0.15) is 50.2 Å². The Morgan fingerprint density at radius 1 is 0.920 bits per heavy atom. The summed E-state index contributed by atoms with van der Waals surface area (Å²) in [4.78, 5) is 14.4. The minimum atomic E-state index is -0.463. The van der Waals surface area contributed by atoms with Crippen molar-refractivity contribution in [2.24, 2.45) is 0 Å². The molecule has 2 aromatic carbocycles. The van der Waals surface area contributed by atoms with Crippen LogP contribution in [0.15, 0.2) is 60.7 Å². The summed E-state index contributed by atoms with van der Waals surface area (Å²) in [5.41, 5.74) is 2.17. The van der Waals surface area contributed by atoms with Gasteiger partial charge in [-0.15, -0.1) is 0 Å². The first-order valence-corrected chi connectivity index (χ1v) is 9.02. The van der Waals surface area contributed by atoms with E-state index in [0.29, 0.717) is 12.5 Å². The molecule has 0 spiro atoms. The first-order valence-electron chi connectivity index (χ1n) is 9.02. The molecule has 1 aliphatic rings. The molecule has 1 saturated heterocycles. The third-order valence-corrected chi connectivity index (χ3v) is 4.72. The molecule has 1 amide bonds. The highest BCUT2D eigenvalue weighted by atomic mass is 16.6. The quantitative estimate of drug-likeness (QED) is 0.754. The number of ether oxygens (including phenoxy) is 1. The van der Waals surface area contributed by atoms with Gasteiger partial charge < -0.3 is 9.64 Å². The van der Waals surface area contributed by atoms with E-state index in [2.05, 4.69) is 54.6 Å². The van der Waals surface area contributed by atoms with Crippen LogP contribution in [0.25, 0.3) is 0 Å². The molecule has 0 bridgehead atoms. The maximum atomic E-state index is 12.5. The van der Waals surface area contributed by atoms with Gasteiger partial charge >= 0.3 is 6.09 Å². The molecule has 0 aliphatic carbocycles. The van der Waals surface area contributed by atoms with Gasteiger partial charge in [-0.25, -0.2) is 4.79 Å². The van der Waals surface area contributed by atoms with Gasteiger partial charge in [0, 0.05) is 19.0 Å². The molecule has 0 N–H and O–H groups in total. The van der Waals surface area contributed by atoms with Crippen LogP contribution in [0, 0.1) is 0 Å². The molecule has 3 heteroatoms. The average molecular weight is 337 g/mol. The summed E-state index contributed by atoms with van der Waals surface area (Å²) in [5.74, 6) is 0.701. The second-order valence-corrected chi connectivity index (χ2v) is 7.75. The molecule has 0 aromatic heterocycles. The normalized spacial score (nSPS) is 21.0. The molecule has 3 nitrogen and oxygen atoms in total. The molecule has 3 rings (SSSR count). The molecular weight excluding hydrogens is 310 g/mol. The van der Waals surface area contributed by atoms with Crippen molar-refractivity contribution >= 4 is 6.09 Å². The molecule has 0 unspecified atom stereocenters. The number of carbonyl (C=O) groups is 1. The zero-order chi connectivity index (χ0) is 17.9. The van der Waals surface area contributed by atoms with Crippen LogP contribution in [-0.4, -0.2) is 29.7 Å². The van der Waals surface area contributed by atoms with E-state index in [1.807, 2.05) is 31.7 Å². The molecule has 1 aliphatic heterocycles. The van der Waals surface area contributed by atoms with E-state index in [4.69, 9.17) is 4.74 Å². The Bertz CT molecular complexity index is 691. The van der Waals surface area contributed by atoms with Gasteiger partial charge in [0.15, 0.2) is 0 Å². The molecule has 0 saturated carbocycles. The van der Waals surface area contributed by atoms with Gasteiger partial charge in [0.1, 0.15) is 5.60 Å². The number of rotatable bonds is 2. The van der Waals surface area contributed by atoms with E-state index in [9.17, 15) is 4.79 Å². The smallest absolute Gasteiger partial charge is 0.410 e. The summed E-state index contributed by atoms with van der Waals surface area (Å²) >= 11 is 0. The van der Waals surface area contributed by atoms with E-state index in [0.717, 1.165) is 13.0 Å². The minimum Gasteiger partial charge on any atom is -0.444 e. The number of nitrogens with zero attached hydrogens (tertiary/aromatic N) is 1. The van der Waals surface area contributed by atoms with Crippen molar-refractivity contribution in [2.45, 2.75) is 44.6 Å². The fourth-order valence-corrected chi connectivity index (χ4v) is 3.58. The lowest BCUT2D eigenvalue weighted by Crippen LogP contribution is -2.44. The van der Waals surface area contributed by atoms with Crippen LogP contribution in [0.3, 0.4) is 0 Å². The largest absolute Gasteiger partial charge is 0.444 e. The van der Waals surface area contributed by atoms with Gasteiger partial charge in [0.05, 0.1) is 0 Å². The summed E-state index contributed by atoms with van der Waals surface area (Å²) in [5, 5.41) is 0. The number of benzene rings is 2. The number of likely N-dealkylation sites (tertiary alicyclic amines) is 1. The highest BCUT2D eigenvalue weighted by Gasteiger charge is 2.34. The fourth-order valence-electron chi connectivity index (χ4n) is 3.58. The van der Waals surface area contributed by atoms with Crippen LogP contribution < -0.4 is 0 Å². The first kappa shape index (κ1) is 17.5. The summed E-state index contributed by atoms with van der Waals surface area (Å²) < 4.78 is 5.59. The van der Waals surface area contributed by atoms with Crippen molar-refractivity contribution < 1.29 is 9.53 Å². The molecule has 2 aromatic rings. The zero-order valence-corrected chi connectivity index (χ0v) is 15.3. The van der Waals surface area contributed by atoms with E-state index >= 15 is 0 Å². The Morgan fingerprint density at radius 3 is 1.96 bits per heavy atom. The zero-order valence-electron chi connectivity index (χ0n) is 15.3. The number of hydrogen-bond donors (Lipinski definition) is 0. The Hall–Kier alpha value is -2.29. The predicted molar refractivity (Wildman–Crippen MR) is 101 cm³/mol. The molecule has 0 radical (unpaired) electrons. The highest BCUT2D eigenvalue weighted by Crippen LogP contribution is 2.39. The lowest BCUT2D eigenvalue weighted by atomic mass is 9.77. The number of amides is 1. The standard InChI is InChI=1S/C22H27NO2/c1-22(2,3)25-21(24)23-15-14-19(17-10-6-4-7-11-17)20(16-23)18-12-8-5-9-13-18/h4-13,19-20H,14-16H2,1-3H3/t19-,20-/m0/s1. The van der Waals surface area contributed by atoms with Gasteiger partial charge in [-0.05, 0) is 44.2 Å². The molecule has 25 heavy (non-hydrogen) atoms. The van der Waals surface area contributed by atoms with Crippen LogP contribution in [0.2, 0.25) is 0 Å². The van der Waals surface area contributed by atoms with Crippen molar-refractivity contribution in [3.8, 4) is 0 Å².